The predicted molar refractivity (Wildman–Crippen MR) is 100 cm³/mol. The van der Waals surface area contributed by atoms with Gasteiger partial charge in [-0.25, -0.2) is 4.98 Å². The second-order valence-electron chi connectivity index (χ2n) is 7.40. The fourth-order valence-corrected chi connectivity index (χ4v) is 4.15. The minimum Gasteiger partial charge on any atom is -0.481 e. The number of pyridine rings is 1. The van der Waals surface area contributed by atoms with Crippen LogP contribution < -0.4 is 10.1 Å². The summed E-state index contributed by atoms with van der Waals surface area (Å²) < 4.78 is 10.5. The molecule has 2 aromatic heterocycles. The molecule has 148 valence electrons. The number of hydrogen-bond acceptors (Lipinski definition) is 6. The van der Waals surface area contributed by atoms with E-state index in [0.29, 0.717) is 46.6 Å². The highest BCUT2D eigenvalue weighted by molar-refractivity contribution is 5.98. The Bertz CT molecular complexity index is 911. The monoisotopic (exact) mass is 384 g/mol. The third kappa shape index (κ3) is 3.12. The van der Waals surface area contributed by atoms with Crippen LogP contribution in [0.2, 0.25) is 0 Å². The van der Waals surface area contributed by atoms with E-state index >= 15 is 0 Å². The maximum atomic E-state index is 12.9. The maximum Gasteiger partial charge on any atom is 0.257 e. The molecule has 2 amide bonds. The molecule has 0 unspecified atom stereocenters. The fourth-order valence-electron chi connectivity index (χ4n) is 4.15. The summed E-state index contributed by atoms with van der Waals surface area (Å²) in [5.74, 6) is 0.642. The number of ether oxygens (including phenoxy) is 1. The lowest BCUT2D eigenvalue weighted by Crippen LogP contribution is -2.33. The number of aryl methyl sites for hydroxylation is 2. The van der Waals surface area contributed by atoms with Gasteiger partial charge in [0.25, 0.3) is 11.8 Å². The van der Waals surface area contributed by atoms with Gasteiger partial charge in [0, 0.05) is 18.2 Å². The molecule has 28 heavy (non-hydrogen) atoms. The molecule has 0 saturated heterocycles. The molecule has 1 aliphatic heterocycles. The van der Waals surface area contributed by atoms with Crippen LogP contribution in [0.3, 0.4) is 0 Å². The van der Waals surface area contributed by atoms with E-state index in [4.69, 9.17) is 9.26 Å². The van der Waals surface area contributed by atoms with Crippen molar-refractivity contribution in [1.29, 1.82) is 0 Å². The Kier molecular flexibility index (Phi) is 4.78. The quantitative estimate of drug-likeness (QED) is 0.851. The smallest absolute Gasteiger partial charge is 0.257 e. The Morgan fingerprint density at radius 2 is 2.11 bits per heavy atom. The second kappa shape index (κ2) is 7.26. The first-order valence-corrected chi connectivity index (χ1v) is 9.58. The van der Waals surface area contributed by atoms with Crippen LogP contribution in [0.4, 0.5) is 0 Å². The molecule has 1 fully saturated rings. The fraction of sp³-hybridized carbons (Fsp3) is 0.500. The number of hydrogen-bond donors (Lipinski definition) is 1. The molecule has 0 radical (unpaired) electrons. The highest BCUT2D eigenvalue weighted by Gasteiger charge is 2.36. The third-order valence-electron chi connectivity index (χ3n) is 5.61. The molecular formula is C20H24N4O4. The number of nitrogens with zero attached hydrogens (tertiary/aromatic N) is 3. The predicted octanol–water partition coefficient (Wildman–Crippen LogP) is 2.52. The van der Waals surface area contributed by atoms with Crippen molar-refractivity contribution in [2.24, 2.45) is 0 Å². The Morgan fingerprint density at radius 3 is 2.75 bits per heavy atom. The molecule has 0 bridgehead atoms. The van der Waals surface area contributed by atoms with Crippen molar-refractivity contribution in [3.63, 3.8) is 0 Å². The molecule has 8 heteroatoms. The van der Waals surface area contributed by atoms with Crippen LogP contribution in [0.25, 0.3) is 0 Å². The molecular weight excluding hydrogens is 360 g/mol. The standard InChI is InChI=1S/C20H24N4O4/c1-11-17(12(2)28-23-11)18(25)21-9-13-8-15-16(22-19(13)27-3)10-24(20(15)26)14-6-4-5-7-14/h8,14H,4-7,9-10H2,1-3H3,(H,21,25). The minimum atomic E-state index is -0.280. The van der Waals surface area contributed by atoms with Gasteiger partial charge in [-0.3, -0.25) is 9.59 Å². The Balaban J connectivity index is 1.54. The zero-order valence-corrected chi connectivity index (χ0v) is 16.4. The number of aromatic nitrogens is 2. The van der Waals surface area contributed by atoms with E-state index in [1.165, 1.54) is 12.8 Å². The van der Waals surface area contributed by atoms with Gasteiger partial charge in [0.15, 0.2) is 0 Å². The first-order valence-electron chi connectivity index (χ1n) is 9.58. The number of carbonyl (C=O) groups is 2. The van der Waals surface area contributed by atoms with Gasteiger partial charge < -0.3 is 19.5 Å². The maximum absolute atomic E-state index is 12.9. The van der Waals surface area contributed by atoms with Crippen molar-refractivity contribution in [2.45, 2.75) is 58.7 Å². The zero-order valence-electron chi connectivity index (χ0n) is 16.4. The summed E-state index contributed by atoms with van der Waals surface area (Å²) in [6.45, 7) is 4.14. The molecule has 3 heterocycles. The number of fused-ring (bicyclic) bond motifs is 1. The number of amides is 2. The Labute approximate surface area is 163 Å². The van der Waals surface area contributed by atoms with E-state index in [1.807, 2.05) is 4.90 Å². The Hall–Kier alpha value is -2.90. The molecule has 0 spiro atoms. The lowest BCUT2D eigenvalue weighted by molar-refractivity contribution is 0.0706. The number of rotatable bonds is 5. The first kappa shape index (κ1) is 18.5. The summed E-state index contributed by atoms with van der Waals surface area (Å²) in [5, 5.41) is 6.65. The molecule has 0 atom stereocenters. The van der Waals surface area contributed by atoms with Gasteiger partial charge in [0.05, 0.1) is 30.6 Å². The largest absolute Gasteiger partial charge is 0.481 e. The highest BCUT2D eigenvalue weighted by Crippen LogP contribution is 2.33. The topological polar surface area (TPSA) is 97.6 Å². The second-order valence-corrected chi connectivity index (χ2v) is 7.40. The van der Waals surface area contributed by atoms with E-state index in [0.717, 1.165) is 18.5 Å². The third-order valence-corrected chi connectivity index (χ3v) is 5.61. The van der Waals surface area contributed by atoms with Gasteiger partial charge in [0.1, 0.15) is 11.3 Å². The van der Waals surface area contributed by atoms with Crippen molar-refractivity contribution in [2.75, 3.05) is 7.11 Å². The van der Waals surface area contributed by atoms with Crippen molar-refractivity contribution in [1.82, 2.24) is 20.4 Å². The van der Waals surface area contributed by atoms with E-state index in [9.17, 15) is 9.59 Å². The number of nitrogens with one attached hydrogen (secondary N) is 1. The van der Waals surface area contributed by atoms with E-state index in [2.05, 4.69) is 15.5 Å². The molecule has 8 nitrogen and oxygen atoms in total. The van der Waals surface area contributed by atoms with E-state index in [-0.39, 0.29) is 18.4 Å². The van der Waals surface area contributed by atoms with Gasteiger partial charge in [-0.15, -0.1) is 0 Å². The summed E-state index contributed by atoms with van der Waals surface area (Å²) in [4.78, 5) is 31.9. The lowest BCUT2D eigenvalue weighted by atomic mass is 10.1. The van der Waals surface area contributed by atoms with Crippen molar-refractivity contribution in [3.05, 3.63) is 39.9 Å². The molecule has 2 aliphatic rings. The van der Waals surface area contributed by atoms with Crippen LogP contribution in [-0.4, -0.2) is 40.0 Å². The van der Waals surface area contributed by atoms with Gasteiger partial charge in [-0.1, -0.05) is 18.0 Å². The molecule has 2 aromatic rings. The van der Waals surface area contributed by atoms with Gasteiger partial charge in [-0.05, 0) is 32.8 Å². The summed E-state index contributed by atoms with van der Waals surface area (Å²) in [6.07, 6.45) is 4.44. The van der Waals surface area contributed by atoms with Crippen molar-refractivity contribution in [3.8, 4) is 5.88 Å². The van der Waals surface area contributed by atoms with Crippen LogP contribution in [0.5, 0.6) is 5.88 Å². The van der Waals surface area contributed by atoms with Gasteiger partial charge >= 0.3 is 0 Å². The molecule has 4 rings (SSSR count). The summed E-state index contributed by atoms with van der Waals surface area (Å²) in [6, 6.07) is 2.10. The number of carbonyl (C=O) groups excluding carboxylic acids is 2. The molecule has 1 saturated carbocycles. The van der Waals surface area contributed by atoms with Crippen LogP contribution in [-0.2, 0) is 13.1 Å². The minimum absolute atomic E-state index is 0.0235. The van der Waals surface area contributed by atoms with E-state index in [1.54, 1.807) is 27.0 Å². The summed E-state index contributed by atoms with van der Waals surface area (Å²) >= 11 is 0. The zero-order chi connectivity index (χ0) is 19.8. The van der Waals surface area contributed by atoms with Crippen molar-refractivity contribution >= 4 is 11.8 Å². The van der Waals surface area contributed by atoms with Crippen LogP contribution >= 0.6 is 0 Å². The first-order chi connectivity index (χ1) is 13.5. The van der Waals surface area contributed by atoms with Crippen LogP contribution in [0.15, 0.2) is 10.6 Å². The average Bonchev–Trinajstić information content (AvgIpc) is 3.39. The highest BCUT2D eigenvalue weighted by atomic mass is 16.5. The summed E-state index contributed by atoms with van der Waals surface area (Å²) in [5.41, 5.74) is 2.99. The SMILES string of the molecule is COc1nc2c(cc1CNC(=O)c1c(C)noc1C)C(=O)N(C1CCCC1)C2. The average molecular weight is 384 g/mol. The van der Waals surface area contributed by atoms with E-state index < -0.39 is 0 Å². The van der Waals surface area contributed by atoms with Crippen LogP contribution in [0, 0.1) is 13.8 Å². The van der Waals surface area contributed by atoms with Gasteiger partial charge in [0.2, 0.25) is 5.88 Å². The van der Waals surface area contributed by atoms with Gasteiger partial charge in [-0.2, -0.15) is 0 Å². The summed E-state index contributed by atoms with van der Waals surface area (Å²) in [7, 11) is 1.54. The lowest BCUT2D eigenvalue weighted by Gasteiger charge is -2.22. The normalized spacial score (nSPS) is 16.5. The van der Waals surface area contributed by atoms with Crippen LogP contribution in [0.1, 0.15) is 69.1 Å². The molecule has 1 N–H and O–H groups in total. The molecule has 1 aliphatic carbocycles. The molecule has 0 aromatic carbocycles. The Morgan fingerprint density at radius 1 is 1.36 bits per heavy atom. The number of methoxy groups -OCH3 is 1. The van der Waals surface area contributed by atoms with Crippen molar-refractivity contribution < 1.29 is 18.8 Å².